The summed E-state index contributed by atoms with van der Waals surface area (Å²) in [6, 6.07) is 0. The van der Waals surface area contributed by atoms with Gasteiger partial charge < -0.3 is 9.29 Å². The number of hydrogen-bond donors (Lipinski definition) is 0. The molecule has 0 radical (unpaired) electrons. The third-order valence-electron chi connectivity index (χ3n) is 2.20. The van der Waals surface area contributed by atoms with E-state index in [9.17, 15) is 13.6 Å². The maximum Gasteiger partial charge on any atom is 1.00 e. The molecule has 4 nitrogen and oxygen atoms in total. The molecule has 0 amide bonds. The van der Waals surface area contributed by atoms with E-state index in [1.807, 2.05) is 0 Å². The molecular formula is C7H11NaO4S. The van der Waals surface area contributed by atoms with Crippen molar-refractivity contribution in [1.82, 2.24) is 0 Å². The van der Waals surface area contributed by atoms with Gasteiger partial charge in [-0.15, -0.1) is 0 Å². The van der Waals surface area contributed by atoms with E-state index in [0.29, 0.717) is 12.8 Å². The maximum atomic E-state index is 11.0. The Morgan fingerprint density at radius 2 is 2.15 bits per heavy atom. The molecule has 0 aliphatic heterocycles. The van der Waals surface area contributed by atoms with Crippen LogP contribution in [0.25, 0.3) is 0 Å². The fourth-order valence-corrected chi connectivity index (χ4v) is 2.45. The fraction of sp³-hybridized carbons (Fsp3) is 0.857. The zero-order valence-electron chi connectivity index (χ0n) is 7.82. The van der Waals surface area contributed by atoms with E-state index in [-0.39, 0.29) is 29.6 Å². The van der Waals surface area contributed by atoms with Gasteiger partial charge in [-0.1, -0.05) is 17.5 Å². The predicted molar refractivity (Wildman–Crippen MR) is 42.1 cm³/mol. The van der Waals surface area contributed by atoms with Gasteiger partial charge in [-0.2, -0.15) is 0 Å². The SMILES string of the molecule is COC(=O)C1CCCC1S(=O)[O-].[Na+]. The number of esters is 1. The third-order valence-corrected chi connectivity index (χ3v) is 3.26. The number of rotatable bonds is 2. The van der Waals surface area contributed by atoms with Crippen LogP contribution in [0.1, 0.15) is 19.3 Å². The summed E-state index contributed by atoms with van der Waals surface area (Å²) in [6.45, 7) is 0. The second-order valence-electron chi connectivity index (χ2n) is 2.86. The van der Waals surface area contributed by atoms with Crippen LogP contribution in [0.2, 0.25) is 0 Å². The first kappa shape index (κ1) is 13.6. The monoisotopic (exact) mass is 214 g/mol. The molecule has 0 spiro atoms. The van der Waals surface area contributed by atoms with Crippen LogP contribution in [-0.2, 0) is 20.6 Å². The first-order chi connectivity index (χ1) is 5.66. The molecule has 3 atom stereocenters. The van der Waals surface area contributed by atoms with Crippen molar-refractivity contribution in [2.24, 2.45) is 5.92 Å². The Morgan fingerprint density at radius 3 is 2.62 bits per heavy atom. The van der Waals surface area contributed by atoms with E-state index in [0.717, 1.165) is 6.42 Å². The Balaban J connectivity index is 0.00000144. The molecule has 0 saturated heterocycles. The number of carbonyl (C=O) groups is 1. The molecule has 3 unspecified atom stereocenters. The van der Waals surface area contributed by atoms with Crippen LogP contribution in [0.5, 0.6) is 0 Å². The van der Waals surface area contributed by atoms with E-state index < -0.39 is 28.2 Å². The maximum absolute atomic E-state index is 11.0. The van der Waals surface area contributed by atoms with Crippen LogP contribution in [0, 0.1) is 5.92 Å². The summed E-state index contributed by atoms with van der Waals surface area (Å²) < 4.78 is 25.8. The largest absolute Gasteiger partial charge is 1.00 e. The zero-order valence-corrected chi connectivity index (χ0v) is 10.6. The fourth-order valence-electron chi connectivity index (χ4n) is 1.58. The summed E-state index contributed by atoms with van der Waals surface area (Å²) in [7, 11) is 1.28. The number of methoxy groups -OCH3 is 1. The van der Waals surface area contributed by atoms with Gasteiger partial charge in [-0.3, -0.25) is 9.00 Å². The molecule has 0 aromatic heterocycles. The summed E-state index contributed by atoms with van der Waals surface area (Å²) in [4.78, 5) is 11.0. The summed E-state index contributed by atoms with van der Waals surface area (Å²) in [5, 5.41) is -0.530. The molecule has 0 aromatic rings. The molecular weight excluding hydrogens is 203 g/mol. The molecule has 0 aromatic carbocycles. The Hall–Kier alpha value is 0.580. The number of hydrogen-bond acceptors (Lipinski definition) is 4. The normalized spacial score (nSPS) is 29.1. The van der Waals surface area contributed by atoms with Gasteiger partial charge in [0, 0.05) is 5.25 Å². The molecule has 1 aliphatic carbocycles. The van der Waals surface area contributed by atoms with Crippen molar-refractivity contribution in [2.75, 3.05) is 7.11 Å². The molecule has 0 bridgehead atoms. The van der Waals surface area contributed by atoms with Crippen LogP contribution in [0.15, 0.2) is 0 Å². The van der Waals surface area contributed by atoms with Crippen LogP contribution in [-0.4, -0.2) is 27.1 Å². The number of ether oxygens (including phenoxy) is 1. The Bertz CT molecular complexity index is 209. The van der Waals surface area contributed by atoms with Crippen LogP contribution < -0.4 is 29.6 Å². The zero-order chi connectivity index (χ0) is 9.14. The van der Waals surface area contributed by atoms with Gasteiger partial charge in [0.1, 0.15) is 0 Å². The van der Waals surface area contributed by atoms with Crippen molar-refractivity contribution in [3.05, 3.63) is 0 Å². The van der Waals surface area contributed by atoms with E-state index in [1.165, 1.54) is 7.11 Å². The Morgan fingerprint density at radius 1 is 1.54 bits per heavy atom. The van der Waals surface area contributed by atoms with Crippen molar-refractivity contribution in [3.8, 4) is 0 Å². The van der Waals surface area contributed by atoms with Crippen LogP contribution in [0.4, 0.5) is 0 Å². The van der Waals surface area contributed by atoms with E-state index in [4.69, 9.17) is 0 Å². The summed E-state index contributed by atoms with van der Waals surface area (Å²) in [6.07, 6.45) is 2.00. The molecule has 6 heteroatoms. The molecule has 1 fully saturated rings. The van der Waals surface area contributed by atoms with E-state index in [2.05, 4.69) is 4.74 Å². The van der Waals surface area contributed by atoms with Gasteiger partial charge in [0.25, 0.3) is 0 Å². The average Bonchev–Trinajstić information content (AvgIpc) is 2.50. The summed E-state index contributed by atoms with van der Waals surface area (Å²) in [5.74, 6) is -0.838. The van der Waals surface area contributed by atoms with Gasteiger partial charge >= 0.3 is 35.5 Å². The molecule has 0 heterocycles. The van der Waals surface area contributed by atoms with Gasteiger partial charge in [0.05, 0.1) is 13.0 Å². The molecule has 70 valence electrons. The summed E-state index contributed by atoms with van der Waals surface area (Å²) in [5.41, 5.74) is 0. The molecule has 1 aliphatic rings. The Kier molecular flexibility index (Phi) is 6.41. The van der Waals surface area contributed by atoms with Gasteiger partial charge in [-0.05, 0) is 12.8 Å². The average molecular weight is 214 g/mol. The minimum Gasteiger partial charge on any atom is -0.772 e. The molecule has 1 rings (SSSR count). The molecule has 1 saturated carbocycles. The minimum atomic E-state index is -2.14. The van der Waals surface area contributed by atoms with E-state index >= 15 is 0 Å². The van der Waals surface area contributed by atoms with Crippen molar-refractivity contribution >= 4 is 17.0 Å². The van der Waals surface area contributed by atoms with Crippen LogP contribution in [0.3, 0.4) is 0 Å². The van der Waals surface area contributed by atoms with E-state index in [1.54, 1.807) is 0 Å². The van der Waals surface area contributed by atoms with Crippen molar-refractivity contribution in [2.45, 2.75) is 24.5 Å². The first-order valence-corrected chi connectivity index (χ1v) is 4.96. The van der Waals surface area contributed by atoms with Gasteiger partial charge in [0.15, 0.2) is 0 Å². The molecule has 0 N–H and O–H groups in total. The standard InChI is InChI=1S/C7H12O4S.Na/c1-11-7(8)5-3-2-4-6(5)12(9)10;/h5-6H,2-4H2,1H3,(H,9,10);/q;+1/p-1. The second-order valence-corrected chi connectivity index (χ2v) is 3.99. The number of carbonyl (C=O) groups excluding carboxylic acids is 1. The second kappa shape index (κ2) is 6.14. The summed E-state index contributed by atoms with van der Waals surface area (Å²) >= 11 is -2.14. The van der Waals surface area contributed by atoms with Crippen LogP contribution >= 0.6 is 0 Å². The van der Waals surface area contributed by atoms with Crippen molar-refractivity contribution in [3.63, 3.8) is 0 Å². The smallest absolute Gasteiger partial charge is 0.772 e. The predicted octanol–water partition coefficient (Wildman–Crippen LogP) is -2.79. The van der Waals surface area contributed by atoms with Gasteiger partial charge in [0.2, 0.25) is 0 Å². The topological polar surface area (TPSA) is 66.4 Å². The molecule has 13 heavy (non-hydrogen) atoms. The third kappa shape index (κ3) is 3.32. The van der Waals surface area contributed by atoms with Crippen molar-refractivity contribution < 1.29 is 47.9 Å². The minimum absolute atomic E-state index is 0. The Labute approximate surface area is 102 Å². The van der Waals surface area contributed by atoms with Crippen molar-refractivity contribution in [1.29, 1.82) is 0 Å². The first-order valence-electron chi connectivity index (χ1n) is 3.82. The van der Waals surface area contributed by atoms with Gasteiger partial charge in [-0.25, -0.2) is 0 Å². The quantitative estimate of drug-likeness (QED) is 0.283.